The van der Waals surface area contributed by atoms with E-state index in [0.717, 1.165) is 50.3 Å². The van der Waals surface area contributed by atoms with Crippen LogP contribution in [0.5, 0.6) is 0 Å². The minimum atomic E-state index is 0.649. The fraction of sp³-hybridized carbons (Fsp3) is 0. The van der Waals surface area contributed by atoms with Gasteiger partial charge in [-0.1, -0.05) is 164 Å². The smallest absolute Gasteiger partial charge is 0.164 e. The monoisotopic (exact) mass is 784 g/mol. The van der Waals surface area contributed by atoms with E-state index in [4.69, 9.17) is 15.0 Å². The highest BCUT2D eigenvalue weighted by Gasteiger charge is 2.19. The van der Waals surface area contributed by atoms with Crippen molar-refractivity contribution in [2.45, 2.75) is 0 Å². The largest absolute Gasteiger partial charge is 0.311 e. The van der Waals surface area contributed by atoms with Crippen LogP contribution >= 0.6 is 11.3 Å². The molecular formula is C55H36N4S. The lowest BCUT2D eigenvalue weighted by Crippen LogP contribution is -2.09. The number of anilines is 3. The fourth-order valence-corrected chi connectivity index (χ4v) is 9.36. The molecule has 0 atom stereocenters. The third-order valence-electron chi connectivity index (χ3n) is 11.1. The average Bonchev–Trinajstić information content (AvgIpc) is 3.72. The first-order chi connectivity index (χ1) is 29.7. The molecule has 0 saturated heterocycles. The molecule has 0 bridgehead atoms. The summed E-state index contributed by atoms with van der Waals surface area (Å²) in [6.45, 7) is 0. The van der Waals surface area contributed by atoms with Crippen LogP contribution in [-0.2, 0) is 0 Å². The third kappa shape index (κ3) is 6.57. The van der Waals surface area contributed by atoms with Gasteiger partial charge in [0, 0.05) is 59.3 Å². The number of hydrogen-bond acceptors (Lipinski definition) is 5. The number of fused-ring (bicyclic) bond motifs is 5. The lowest BCUT2D eigenvalue weighted by molar-refractivity contribution is 1.08. The van der Waals surface area contributed by atoms with Crippen molar-refractivity contribution in [2.75, 3.05) is 4.90 Å². The highest BCUT2D eigenvalue weighted by molar-refractivity contribution is 7.26. The van der Waals surface area contributed by atoms with Crippen LogP contribution < -0.4 is 4.90 Å². The normalized spacial score (nSPS) is 11.3. The number of thiophene rings is 1. The Morgan fingerprint density at radius 2 is 0.733 bits per heavy atom. The summed E-state index contributed by atoms with van der Waals surface area (Å²) in [4.78, 5) is 17.6. The van der Waals surface area contributed by atoms with Gasteiger partial charge in [0.1, 0.15) is 0 Å². The van der Waals surface area contributed by atoms with Crippen molar-refractivity contribution in [1.82, 2.24) is 15.0 Å². The molecule has 0 aliphatic heterocycles. The van der Waals surface area contributed by atoms with E-state index in [-0.39, 0.29) is 0 Å². The van der Waals surface area contributed by atoms with Crippen molar-refractivity contribution in [2.24, 2.45) is 0 Å². The minimum absolute atomic E-state index is 0.649. The maximum atomic E-state index is 5.17. The molecule has 2 heterocycles. The van der Waals surface area contributed by atoms with E-state index in [1.165, 1.54) is 36.7 Å². The maximum Gasteiger partial charge on any atom is 0.164 e. The summed E-state index contributed by atoms with van der Waals surface area (Å²) in [5.74, 6) is 1.95. The van der Waals surface area contributed by atoms with Crippen molar-refractivity contribution >= 4 is 59.3 Å². The van der Waals surface area contributed by atoms with E-state index in [2.05, 4.69) is 187 Å². The molecule has 0 spiro atoms. The Hall–Kier alpha value is -7.73. The van der Waals surface area contributed by atoms with Crippen LogP contribution in [0.15, 0.2) is 218 Å². The Labute approximate surface area is 352 Å². The van der Waals surface area contributed by atoms with E-state index in [1.54, 1.807) is 0 Å². The molecule has 0 amide bonds. The Kier molecular flexibility index (Phi) is 8.99. The van der Waals surface area contributed by atoms with Crippen LogP contribution in [0.4, 0.5) is 17.1 Å². The van der Waals surface area contributed by atoms with Gasteiger partial charge in [0.05, 0.1) is 0 Å². The molecule has 0 unspecified atom stereocenters. The van der Waals surface area contributed by atoms with Crippen molar-refractivity contribution in [1.29, 1.82) is 0 Å². The predicted octanol–water partition coefficient (Wildman–Crippen LogP) is 15.2. The Morgan fingerprint density at radius 1 is 0.300 bits per heavy atom. The van der Waals surface area contributed by atoms with Gasteiger partial charge in [-0.2, -0.15) is 0 Å². The molecule has 11 rings (SSSR count). The van der Waals surface area contributed by atoms with Crippen molar-refractivity contribution < 1.29 is 0 Å². The lowest BCUT2D eigenvalue weighted by Gasteiger charge is -2.26. The van der Waals surface area contributed by atoms with Crippen molar-refractivity contribution in [3.8, 4) is 56.4 Å². The SMILES string of the molecule is c1ccc(-c2ccc(N(c3ccccc3)c3ccc(-c4ccc5c(-c6nc(-c7ccccc7)nc(-c7ccccc7)n6)cc6c7ccccc7sc6c5c4)cc3)cc2)cc1. The zero-order valence-electron chi connectivity index (χ0n) is 32.5. The molecule has 0 radical (unpaired) electrons. The molecular weight excluding hydrogens is 749 g/mol. The molecule has 11 aromatic rings. The first-order valence-electron chi connectivity index (χ1n) is 20.1. The summed E-state index contributed by atoms with van der Waals surface area (Å²) in [5, 5.41) is 4.71. The molecule has 0 N–H and O–H groups in total. The highest BCUT2D eigenvalue weighted by atomic mass is 32.1. The second-order valence-electron chi connectivity index (χ2n) is 14.8. The first kappa shape index (κ1) is 35.4. The number of aromatic nitrogens is 3. The van der Waals surface area contributed by atoms with E-state index >= 15 is 0 Å². The van der Waals surface area contributed by atoms with Crippen LogP contribution in [-0.4, -0.2) is 15.0 Å². The summed E-state index contributed by atoms with van der Waals surface area (Å²) in [5.41, 5.74) is 10.9. The van der Waals surface area contributed by atoms with Crippen LogP contribution in [0.25, 0.3) is 87.4 Å². The number of benzene rings is 9. The van der Waals surface area contributed by atoms with E-state index in [0.29, 0.717) is 17.5 Å². The van der Waals surface area contributed by atoms with Gasteiger partial charge in [0.25, 0.3) is 0 Å². The predicted molar refractivity (Wildman–Crippen MR) is 252 cm³/mol. The molecule has 0 aliphatic rings. The van der Waals surface area contributed by atoms with Gasteiger partial charge in [0.15, 0.2) is 17.5 Å². The van der Waals surface area contributed by atoms with Gasteiger partial charge in [-0.25, -0.2) is 15.0 Å². The molecule has 5 heteroatoms. The maximum absolute atomic E-state index is 5.17. The number of hydrogen-bond donors (Lipinski definition) is 0. The second-order valence-corrected chi connectivity index (χ2v) is 15.9. The summed E-state index contributed by atoms with van der Waals surface area (Å²) in [6, 6.07) is 77.0. The standard InChI is InChI=1S/C55H36N4S/c1-5-15-37(16-6-1)38-25-30-44(31-26-38)59(43-21-11-4-12-22-43)45-32-27-39(28-33-45)42-29-34-46-48(35-42)52-49(47-23-13-14-24-51(47)60-52)36-50(46)55-57-53(40-17-7-2-8-18-40)56-54(58-55)41-19-9-3-10-20-41/h1-36H. The second kappa shape index (κ2) is 15.2. The van der Waals surface area contributed by atoms with Crippen molar-refractivity contribution in [3.05, 3.63) is 218 Å². The zero-order chi connectivity index (χ0) is 39.8. The van der Waals surface area contributed by atoms with Gasteiger partial charge in [-0.05, 0) is 82.2 Å². The Bertz CT molecular complexity index is 3220. The Morgan fingerprint density at radius 3 is 1.33 bits per heavy atom. The van der Waals surface area contributed by atoms with Crippen LogP contribution in [0, 0.1) is 0 Å². The first-order valence-corrected chi connectivity index (χ1v) is 20.9. The molecule has 0 saturated carbocycles. The molecule has 0 aliphatic carbocycles. The van der Waals surface area contributed by atoms with Gasteiger partial charge in [0.2, 0.25) is 0 Å². The number of para-hydroxylation sites is 1. The highest BCUT2D eigenvalue weighted by Crippen LogP contribution is 2.44. The molecule has 4 nitrogen and oxygen atoms in total. The average molecular weight is 785 g/mol. The summed E-state index contributed by atoms with van der Waals surface area (Å²) in [6.07, 6.45) is 0. The van der Waals surface area contributed by atoms with Gasteiger partial charge >= 0.3 is 0 Å². The van der Waals surface area contributed by atoms with E-state index < -0.39 is 0 Å². The van der Waals surface area contributed by atoms with E-state index in [9.17, 15) is 0 Å². The molecule has 0 fully saturated rings. The summed E-state index contributed by atoms with van der Waals surface area (Å²) in [7, 11) is 0. The minimum Gasteiger partial charge on any atom is -0.311 e. The van der Waals surface area contributed by atoms with Gasteiger partial charge < -0.3 is 4.90 Å². The van der Waals surface area contributed by atoms with Crippen LogP contribution in [0.1, 0.15) is 0 Å². The molecule has 282 valence electrons. The lowest BCUT2D eigenvalue weighted by atomic mass is 9.95. The topological polar surface area (TPSA) is 41.9 Å². The molecule has 60 heavy (non-hydrogen) atoms. The fourth-order valence-electron chi connectivity index (χ4n) is 8.15. The Balaban J connectivity index is 1.04. The summed E-state index contributed by atoms with van der Waals surface area (Å²) < 4.78 is 2.51. The molecule has 2 aromatic heterocycles. The molecule has 9 aromatic carbocycles. The van der Waals surface area contributed by atoms with Crippen molar-refractivity contribution in [3.63, 3.8) is 0 Å². The third-order valence-corrected chi connectivity index (χ3v) is 12.3. The summed E-state index contributed by atoms with van der Waals surface area (Å²) >= 11 is 1.84. The van der Waals surface area contributed by atoms with Gasteiger partial charge in [-0.3, -0.25) is 0 Å². The zero-order valence-corrected chi connectivity index (χ0v) is 33.3. The van der Waals surface area contributed by atoms with E-state index in [1.807, 2.05) is 47.7 Å². The number of rotatable bonds is 8. The van der Waals surface area contributed by atoms with Crippen LogP contribution in [0.2, 0.25) is 0 Å². The quantitative estimate of drug-likeness (QED) is 0.154. The number of nitrogens with zero attached hydrogens (tertiary/aromatic N) is 4. The van der Waals surface area contributed by atoms with Gasteiger partial charge in [-0.15, -0.1) is 11.3 Å². The van der Waals surface area contributed by atoms with Crippen LogP contribution in [0.3, 0.4) is 0 Å².